The Bertz CT molecular complexity index is 303. The highest BCUT2D eigenvalue weighted by molar-refractivity contribution is 8.11. The number of terminal acetylenes is 1. The van der Waals surface area contributed by atoms with E-state index in [0.717, 1.165) is 11.1 Å². The molecule has 0 atom stereocenters. The van der Waals surface area contributed by atoms with E-state index in [1.165, 1.54) is 0 Å². The van der Waals surface area contributed by atoms with E-state index >= 15 is 0 Å². The molecule has 2 heteroatoms. The van der Waals surface area contributed by atoms with Gasteiger partial charge in [0.2, 0.25) is 0 Å². The fraction of sp³-hybridized carbons (Fsp3) is 0. The van der Waals surface area contributed by atoms with Crippen molar-refractivity contribution in [2.45, 2.75) is 0 Å². The molecule has 0 saturated carbocycles. The predicted molar refractivity (Wildman–Crippen MR) is 55.1 cm³/mol. The van der Waals surface area contributed by atoms with Crippen molar-refractivity contribution in [3.05, 3.63) is 35.4 Å². The number of thiocarbonyl (C=S) groups is 1. The van der Waals surface area contributed by atoms with Crippen molar-refractivity contribution in [2.75, 3.05) is 0 Å². The molecule has 0 N–H and O–H groups in total. The predicted octanol–water partition coefficient (Wildman–Crippen LogP) is 2.27. The Kier molecular flexibility index (Phi) is 2.70. The number of hydrogen-bond donors (Lipinski definition) is 1. The van der Waals surface area contributed by atoms with E-state index in [1.807, 2.05) is 24.3 Å². The molecule has 1 aromatic carbocycles. The molecule has 0 spiro atoms. The average molecular weight is 178 g/mol. The summed E-state index contributed by atoms with van der Waals surface area (Å²) in [6.07, 6.45) is 5.17. The SMILES string of the molecule is C#Cc1ccc(C(=S)S)cc1. The second kappa shape index (κ2) is 3.56. The molecule has 0 aliphatic rings. The maximum absolute atomic E-state index is 5.17. The third kappa shape index (κ3) is 2.07. The van der Waals surface area contributed by atoms with Crippen molar-refractivity contribution < 1.29 is 0 Å². The molecule has 1 aromatic rings. The van der Waals surface area contributed by atoms with Gasteiger partial charge in [0, 0.05) is 5.56 Å². The van der Waals surface area contributed by atoms with Crippen LogP contribution in [-0.4, -0.2) is 4.20 Å². The maximum Gasteiger partial charge on any atom is 0.0747 e. The normalized spacial score (nSPS) is 8.73. The maximum atomic E-state index is 5.17. The van der Waals surface area contributed by atoms with Gasteiger partial charge in [-0.1, -0.05) is 30.3 Å². The average Bonchev–Trinajstić information content (AvgIpc) is 2.05. The molecule has 1 rings (SSSR count). The Balaban J connectivity index is 3.03. The van der Waals surface area contributed by atoms with Gasteiger partial charge in [0.05, 0.1) is 4.20 Å². The van der Waals surface area contributed by atoms with Gasteiger partial charge in [-0.25, -0.2) is 0 Å². The number of rotatable bonds is 1. The van der Waals surface area contributed by atoms with Crippen molar-refractivity contribution in [1.82, 2.24) is 0 Å². The minimum absolute atomic E-state index is 0.591. The lowest BCUT2D eigenvalue weighted by atomic mass is 10.2. The highest BCUT2D eigenvalue weighted by Gasteiger charge is 1.93. The summed E-state index contributed by atoms with van der Waals surface area (Å²) in [4.78, 5) is 0. The van der Waals surface area contributed by atoms with E-state index in [0.29, 0.717) is 4.20 Å². The van der Waals surface area contributed by atoms with Gasteiger partial charge in [-0.15, -0.1) is 19.1 Å². The lowest BCUT2D eigenvalue weighted by Gasteiger charge is -1.95. The zero-order valence-electron chi connectivity index (χ0n) is 5.74. The molecular weight excluding hydrogens is 172 g/mol. The van der Waals surface area contributed by atoms with Crippen molar-refractivity contribution in [2.24, 2.45) is 0 Å². The summed E-state index contributed by atoms with van der Waals surface area (Å²) in [7, 11) is 0. The summed E-state index contributed by atoms with van der Waals surface area (Å²) >= 11 is 8.89. The number of hydrogen-bond acceptors (Lipinski definition) is 1. The number of benzene rings is 1. The van der Waals surface area contributed by atoms with Crippen molar-refractivity contribution >= 4 is 29.0 Å². The van der Waals surface area contributed by atoms with Crippen LogP contribution in [0.4, 0.5) is 0 Å². The van der Waals surface area contributed by atoms with E-state index in [2.05, 4.69) is 18.5 Å². The lowest BCUT2D eigenvalue weighted by Crippen LogP contribution is -1.85. The number of thiol groups is 1. The third-order valence-corrected chi connectivity index (χ3v) is 1.79. The monoisotopic (exact) mass is 178 g/mol. The van der Waals surface area contributed by atoms with E-state index in [9.17, 15) is 0 Å². The van der Waals surface area contributed by atoms with Crippen LogP contribution in [0.15, 0.2) is 24.3 Å². The Morgan fingerprint density at radius 3 is 2.27 bits per heavy atom. The van der Waals surface area contributed by atoms with Crippen LogP contribution in [0.25, 0.3) is 0 Å². The largest absolute Gasteiger partial charge is 0.131 e. The second-order valence-electron chi connectivity index (χ2n) is 2.03. The highest BCUT2D eigenvalue weighted by Crippen LogP contribution is 2.06. The van der Waals surface area contributed by atoms with Crippen LogP contribution in [0.3, 0.4) is 0 Å². The molecular formula is C9H6S2. The quantitative estimate of drug-likeness (QED) is 0.391. The Morgan fingerprint density at radius 1 is 1.36 bits per heavy atom. The first-order valence-corrected chi connectivity index (χ1v) is 3.89. The molecule has 0 fully saturated rings. The molecule has 0 nitrogen and oxygen atoms in total. The van der Waals surface area contributed by atoms with E-state index < -0.39 is 0 Å². The summed E-state index contributed by atoms with van der Waals surface area (Å²) < 4.78 is 0.591. The molecule has 0 radical (unpaired) electrons. The van der Waals surface area contributed by atoms with Crippen LogP contribution in [0.2, 0.25) is 0 Å². The van der Waals surface area contributed by atoms with Gasteiger partial charge in [-0.3, -0.25) is 0 Å². The van der Waals surface area contributed by atoms with Crippen LogP contribution in [-0.2, 0) is 0 Å². The molecule has 0 aromatic heterocycles. The molecule has 0 aliphatic heterocycles. The van der Waals surface area contributed by atoms with E-state index in [4.69, 9.17) is 18.6 Å². The highest BCUT2D eigenvalue weighted by atomic mass is 32.1. The van der Waals surface area contributed by atoms with Crippen LogP contribution in [0.5, 0.6) is 0 Å². The minimum atomic E-state index is 0.591. The third-order valence-electron chi connectivity index (χ3n) is 1.30. The fourth-order valence-corrected chi connectivity index (χ4v) is 0.994. The van der Waals surface area contributed by atoms with Crippen molar-refractivity contribution in [3.63, 3.8) is 0 Å². The smallest absolute Gasteiger partial charge is 0.0747 e. The Labute approximate surface area is 77.0 Å². The molecule has 0 amide bonds. The zero-order chi connectivity index (χ0) is 8.27. The van der Waals surface area contributed by atoms with Crippen molar-refractivity contribution in [3.8, 4) is 12.3 Å². The summed E-state index contributed by atoms with van der Waals surface area (Å²) in [5.41, 5.74) is 1.79. The van der Waals surface area contributed by atoms with Crippen LogP contribution in [0.1, 0.15) is 11.1 Å². The first kappa shape index (κ1) is 8.32. The van der Waals surface area contributed by atoms with Gasteiger partial charge >= 0.3 is 0 Å². The van der Waals surface area contributed by atoms with E-state index in [1.54, 1.807) is 0 Å². The Hall–Kier alpha value is -0.780. The molecule has 0 saturated heterocycles. The van der Waals surface area contributed by atoms with Crippen molar-refractivity contribution in [1.29, 1.82) is 0 Å². The van der Waals surface area contributed by atoms with Gasteiger partial charge in [0.15, 0.2) is 0 Å². The summed E-state index contributed by atoms with van der Waals surface area (Å²) in [5, 5.41) is 0. The van der Waals surface area contributed by atoms with Crippen LogP contribution >= 0.6 is 24.8 Å². The molecule has 0 bridgehead atoms. The molecule has 0 aliphatic carbocycles. The molecule has 11 heavy (non-hydrogen) atoms. The first-order valence-electron chi connectivity index (χ1n) is 3.04. The summed E-state index contributed by atoms with van der Waals surface area (Å²) in [5.74, 6) is 2.52. The zero-order valence-corrected chi connectivity index (χ0v) is 7.45. The second-order valence-corrected chi connectivity index (χ2v) is 3.18. The van der Waals surface area contributed by atoms with E-state index in [-0.39, 0.29) is 0 Å². The molecule has 54 valence electrons. The van der Waals surface area contributed by atoms with Gasteiger partial charge in [0.25, 0.3) is 0 Å². The standard InChI is InChI=1S/C9H6S2/c1-2-7-3-5-8(6-4-7)9(10)11/h1,3-6H,(H,10,11). The summed E-state index contributed by atoms with van der Waals surface area (Å²) in [6, 6.07) is 7.42. The van der Waals surface area contributed by atoms with Crippen LogP contribution < -0.4 is 0 Å². The minimum Gasteiger partial charge on any atom is -0.131 e. The van der Waals surface area contributed by atoms with Gasteiger partial charge in [-0.2, -0.15) is 0 Å². The summed E-state index contributed by atoms with van der Waals surface area (Å²) in [6.45, 7) is 0. The molecule has 0 unspecified atom stereocenters. The lowest BCUT2D eigenvalue weighted by molar-refractivity contribution is 1.63. The topological polar surface area (TPSA) is 0 Å². The fourth-order valence-electron chi connectivity index (χ4n) is 0.709. The van der Waals surface area contributed by atoms with Gasteiger partial charge in [0.1, 0.15) is 0 Å². The first-order chi connectivity index (χ1) is 5.24. The molecule has 0 heterocycles. The van der Waals surface area contributed by atoms with Crippen LogP contribution in [0, 0.1) is 12.3 Å². The Morgan fingerprint density at radius 2 is 1.91 bits per heavy atom. The van der Waals surface area contributed by atoms with Gasteiger partial charge in [-0.05, 0) is 17.7 Å². The van der Waals surface area contributed by atoms with Gasteiger partial charge < -0.3 is 0 Å².